The van der Waals surface area contributed by atoms with Crippen LogP contribution in [0.3, 0.4) is 0 Å². The Morgan fingerprint density at radius 1 is 1.50 bits per heavy atom. The molecule has 0 aliphatic carbocycles. The molecule has 1 unspecified atom stereocenters. The van der Waals surface area contributed by atoms with E-state index in [-0.39, 0.29) is 12.0 Å². The lowest BCUT2D eigenvalue weighted by Gasteiger charge is -2.32. The van der Waals surface area contributed by atoms with Crippen LogP contribution in [0.4, 0.5) is 0 Å². The molecule has 1 amide bonds. The van der Waals surface area contributed by atoms with Crippen molar-refractivity contribution < 1.29 is 9.53 Å². The Bertz CT molecular complexity index is 462. The van der Waals surface area contributed by atoms with Gasteiger partial charge in [0.2, 0.25) is 0 Å². The molecular formula is C14H16N2O2. The van der Waals surface area contributed by atoms with Gasteiger partial charge in [-0.3, -0.25) is 4.79 Å². The van der Waals surface area contributed by atoms with Crippen LogP contribution >= 0.6 is 0 Å². The molecule has 0 radical (unpaired) electrons. The summed E-state index contributed by atoms with van der Waals surface area (Å²) in [5.74, 6) is 0.0150. The van der Waals surface area contributed by atoms with Crippen LogP contribution in [-0.4, -0.2) is 36.6 Å². The zero-order valence-electron chi connectivity index (χ0n) is 10.4. The quantitative estimate of drug-likeness (QED) is 0.797. The fraction of sp³-hybridized carbons (Fsp3) is 0.429. The Labute approximate surface area is 107 Å². The lowest BCUT2D eigenvalue weighted by molar-refractivity contribution is -0.0226. The topological polar surface area (TPSA) is 53.3 Å². The summed E-state index contributed by atoms with van der Waals surface area (Å²) < 4.78 is 5.54. The number of morpholine rings is 1. The second-order valence-electron chi connectivity index (χ2n) is 4.34. The number of benzene rings is 1. The molecule has 0 N–H and O–H groups in total. The van der Waals surface area contributed by atoms with E-state index in [1.165, 1.54) is 0 Å². The van der Waals surface area contributed by atoms with Gasteiger partial charge in [0, 0.05) is 18.7 Å². The van der Waals surface area contributed by atoms with Crippen molar-refractivity contribution in [2.45, 2.75) is 19.4 Å². The highest BCUT2D eigenvalue weighted by Gasteiger charge is 2.23. The number of carbonyl (C=O) groups excluding carboxylic acids is 1. The van der Waals surface area contributed by atoms with E-state index in [0.29, 0.717) is 30.8 Å². The van der Waals surface area contributed by atoms with Gasteiger partial charge in [0.1, 0.15) is 0 Å². The molecule has 94 valence electrons. The van der Waals surface area contributed by atoms with Crippen molar-refractivity contribution in [3.63, 3.8) is 0 Å². The van der Waals surface area contributed by atoms with Crippen molar-refractivity contribution in [3.05, 3.63) is 35.4 Å². The number of rotatable bonds is 2. The summed E-state index contributed by atoms with van der Waals surface area (Å²) in [6.07, 6.45) is 1.05. The van der Waals surface area contributed by atoms with Crippen LogP contribution < -0.4 is 0 Å². The summed E-state index contributed by atoms with van der Waals surface area (Å²) in [6.45, 7) is 3.94. The molecule has 1 aromatic carbocycles. The molecule has 4 nitrogen and oxygen atoms in total. The predicted molar refractivity (Wildman–Crippen MR) is 67.1 cm³/mol. The summed E-state index contributed by atoms with van der Waals surface area (Å²) in [6, 6.07) is 8.80. The van der Waals surface area contributed by atoms with Crippen molar-refractivity contribution >= 4 is 5.91 Å². The second kappa shape index (κ2) is 5.65. The minimum Gasteiger partial charge on any atom is -0.375 e. The first kappa shape index (κ1) is 12.6. The summed E-state index contributed by atoms with van der Waals surface area (Å²) in [5.41, 5.74) is 1.20. The lowest BCUT2D eigenvalue weighted by Crippen LogP contribution is -2.45. The Kier molecular flexibility index (Phi) is 3.96. The Hall–Kier alpha value is -1.86. The molecule has 1 aliphatic rings. The second-order valence-corrected chi connectivity index (χ2v) is 4.34. The number of hydrogen-bond donors (Lipinski definition) is 0. The highest BCUT2D eigenvalue weighted by atomic mass is 16.5. The fourth-order valence-electron chi connectivity index (χ4n) is 2.02. The number of nitrogens with zero attached hydrogens (tertiary/aromatic N) is 2. The number of carbonyl (C=O) groups is 1. The average Bonchev–Trinajstić information content (AvgIpc) is 2.46. The van der Waals surface area contributed by atoms with E-state index < -0.39 is 0 Å². The molecule has 1 fully saturated rings. The van der Waals surface area contributed by atoms with Gasteiger partial charge in [-0.2, -0.15) is 5.26 Å². The number of ether oxygens (including phenoxy) is 1. The maximum Gasteiger partial charge on any atom is 0.254 e. The normalized spacial score (nSPS) is 19.3. The van der Waals surface area contributed by atoms with E-state index in [2.05, 4.69) is 6.92 Å². The first-order valence-electron chi connectivity index (χ1n) is 6.15. The largest absolute Gasteiger partial charge is 0.375 e. The van der Waals surface area contributed by atoms with E-state index >= 15 is 0 Å². The van der Waals surface area contributed by atoms with Crippen molar-refractivity contribution in [2.24, 2.45) is 0 Å². The number of hydrogen-bond acceptors (Lipinski definition) is 3. The molecule has 1 atom stereocenters. The van der Waals surface area contributed by atoms with E-state index in [9.17, 15) is 4.79 Å². The Morgan fingerprint density at radius 2 is 2.22 bits per heavy atom. The van der Waals surface area contributed by atoms with E-state index in [1.54, 1.807) is 24.3 Å². The third-order valence-electron chi connectivity index (χ3n) is 3.14. The molecule has 18 heavy (non-hydrogen) atoms. The molecule has 1 heterocycles. The molecule has 4 heteroatoms. The molecule has 0 spiro atoms. The van der Waals surface area contributed by atoms with Crippen molar-refractivity contribution in [1.82, 2.24) is 4.90 Å². The number of nitriles is 1. The Balaban J connectivity index is 2.08. The maximum absolute atomic E-state index is 12.2. The molecular weight excluding hydrogens is 228 g/mol. The molecule has 1 aliphatic heterocycles. The van der Waals surface area contributed by atoms with Gasteiger partial charge in [-0.1, -0.05) is 6.92 Å². The van der Waals surface area contributed by atoms with E-state index in [4.69, 9.17) is 10.00 Å². The lowest BCUT2D eigenvalue weighted by atomic mass is 10.1. The number of amides is 1. The van der Waals surface area contributed by atoms with Gasteiger partial charge in [-0.15, -0.1) is 0 Å². The van der Waals surface area contributed by atoms with Gasteiger partial charge in [-0.25, -0.2) is 0 Å². The summed E-state index contributed by atoms with van der Waals surface area (Å²) in [5, 5.41) is 8.72. The molecule has 1 aromatic rings. The third-order valence-corrected chi connectivity index (χ3v) is 3.14. The smallest absolute Gasteiger partial charge is 0.254 e. The zero-order chi connectivity index (χ0) is 13.0. The molecule has 1 saturated heterocycles. The van der Waals surface area contributed by atoms with Crippen LogP contribution in [0.2, 0.25) is 0 Å². The predicted octanol–water partition coefficient (Wildman–Crippen LogP) is 1.81. The Morgan fingerprint density at radius 3 is 2.83 bits per heavy atom. The van der Waals surface area contributed by atoms with Crippen molar-refractivity contribution in [3.8, 4) is 6.07 Å². The van der Waals surface area contributed by atoms with Crippen molar-refractivity contribution in [1.29, 1.82) is 5.26 Å². The fourth-order valence-corrected chi connectivity index (χ4v) is 2.02. The maximum atomic E-state index is 12.2. The average molecular weight is 244 g/mol. The van der Waals surface area contributed by atoms with Crippen LogP contribution in [0.1, 0.15) is 29.3 Å². The summed E-state index contributed by atoms with van der Waals surface area (Å²) >= 11 is 0. The van der Waals surface area contributed by atoms with Gasteiger partial charge in [0.05, 0.1) is 24.3 Å². The minimum atomic E-state index is 0.0150. The van der Waals surface area contributed by atoms with E-state index in [0.717, 1.165) is 6.42 Å². The minimum absolute atomic E-state index is 0.0150. The van der Waals surface area contributed by atoms with Crippen molar-refractivity contribution in [2.75, 3.05) is 19.7 Å². The van der Waals surface area contributed by atoms with Gasteiger partial charge >= 0.3 is 0 Å². The van der Waals surface area contributed by atoms with Gasteiger partial charge < -0.3 is 9.64 Å². The van der Waals surface area contributed by atoms with Crippen LogP contribution in [0.25, 0.3) is 0 Å². The summed E-state index contributed by atoms with van der Waals surface area (Å²) in [7, 11) is 0. The standard InChI is InChI=1S/C14H16N2O2/c1-2-13-10-16(7-8-18-13)14(17)12-5-3-11(9-15)4-6-12/h3-6,13H,2,7-8,10H2,1H3. The van der Waals surface area contributed by atoms with Crippen LogP contribution in [0.15, 0.2) is 24.3 Å². The van der Waals surface area contributed by atoms with Crippen LogP contribution in [0, 0.1) is 11.3 Å². The van der Waals surface area contributed by atoms with Gasteiger partial charge in [0.15, 0.2) is 0 Å². The van der Waals surface area contributed by atoms with Crippen LogP contribution in [0.5, 0.6) is 0 Å². The zero-order valence-corrected chi connectivity index (χ0v) is 10.4. The monoisotopic (exact) mass is 244 g/mol. The molecule has 0 saturated carbocycles. The molecule has 2 rings (SSSR count). The van der Waals surface area contributed by atoms with Gasteiger partial charge in [-0.05, 0) is 30.7 Å². The highest BCUT2D eigenvalue weighted by molar-refractivity contribution is 5.94. The molecule has 0 bridgehead atoms. The third kappa shape index (κ3) is 2.69. The van der Waals surface area contributed by atoms with Gasteiger partial charge in [0.25, 0.3) is 5.91 Å². The van der Waals surface area contributed by atoms with Crippen LogP contribution in [-0.2, 0) is 4.74 Å². The molecule has 0 aromatic heterocycles. The SMILES string of the molecule is CCC1CN(C(=O)c2ccc(C#N)cc2)CCO1. The van der Waals surface area contributed by atoms with E-state index in [1.807, 2.05) is 11.0 Å². The summed E-state index contributed by atoms with van der Waals surface area (Å²) in [4.78, 5) is 14.1. The first-order chi connectivity index (χ1) is 8.74. The first-order valence-corrected chi connectivity index (χ1v) is 6.15. The highest BCUT2D eigenvalue weighted by Crippen LogP contribution is 2.13.